The molecule has 4 heteroatoms. The van der Waals surface area contributed by atoms with Gasteiger partial charge in [0.05, 0.1) is 17.8 Å². The van der Waals surface area contributed by atoms with Gasteiger partial charge in [0.2, 0.25) is 0 Å². The van der Waals surface area contributed by atoms with Gasteiger partial charge in [-0.3, -0.25) is 4.79 Å². The zero-order valence-electron chi connectivity index (χ0n) is 18.0. The fraction of sp³-hybridized carbons (Fsp3) is 0.720. The molecule has 8 atom stereocenters. The third-order valence-electron chi connectivity index (χ3n) is 8.27. The molecule has 0 aromatic carbocycles. The van der Waals surface area contributed by atoms with Crippen LogP contribution in [0.1, 0.15) is 65.7 Å². The van der Waals surface area contributed by atoms with Gasteiger partial charge in [0.15, 0.2) is 0 Å². The Morgan fingerprint density at radius 3 is 2.69 bits per heavy atom. The molecule has 29 heavy (non-hydrogen) atoms. The maximum absolute atomic E-state index is 12.6. The summed E-state index contributed by atoms with van der Waals surface area (Å²) in [5.41, 5.74) is 1.76. The van der Waals surface area contributed by atoms with Crippen LogP contribution in [-0.4, -0.2) is 38.9 Å². The van der Waals surface area contributed by atoms with Crippen molar-refractivity contribution >= 4 is 5.78 Å². The van der Waals surface area contributed by atoms with Crippen molar-refractivity contribution in [1.29, 1.82) is 0 Å². The molecule has 0 amide bonds. The van der Waals surface area contributed by atoms with Gasteiger partial charge in [0, 0.05) is 18.3 Å². The number of carbonyl (C=O) groups is 1. The molecule has 4 aliphatic rings. The van der Waals surface area contributed by atoms with Crippen LogP contribution in [0.4, 0.5) is 0 Å². The average molecular weight is 401 g/mol. The minimum atomic E-state index is -0.941. The van der Waals surface area contributed by atoms with Gasteiger partial charge in [0.25, 0.3) is 0 Å². The van der Waals surface area contributed by atoms with Crippen LogP contribution in [0.5, 0.6) is 0 Å². The highest BCUT2D eigenvalue weighted by atomic mass is 16.3. The van der Waals surface area contributed by atoms with E-state index in [0.29, 0.717) is 18.3 Å². The Morgan fingerprint density at radius 2 is 1.97 bits per heavy atom. The molecule has 0 spiro atoms. The molecule has 4 nitrogen and oxygen atoms in total. The van der Waals surface area contributed by atoms with Crippen molar-refractivity contribution < 1.29 is 20.1 Å². The molecule has 0 saturated heterocycles. The van der Waals surface area contributed by atoms with Crippen LogP contribution in [-0.2, 0) is 4.79 Å². The monoisotopic (exact) mass is 400 g/mol. The number of ketones is 1. The highest BCUT2D eigenvalue weighted by Gasteiger charge is 2.55. The number of Topliss-reactive ketones (excluding diaryl/α,β-unsaturated/α-hetero) is 1. The SMILES string of the molecule is CC(O)/C=C/[C@](C)(O)[C@H]1CC[C@H]2C=C([C@H]3CC[C@H]4C(=O)CC(O)CC=C34)C[C@]21C. The van der Waals surface area contributed by atoms with Crippen molar-refractivity contribution in [2.45, 2.75) is 83.5 Å². The predicted molar refractivity (Wildman–Crippen MR) is 113 cm³/mol. The van der Waals surface area contributed by atoms with Crippen molar-refractivity contribution in [3.8, 4) is 0 Å². The van der Waals surface area contributed by atoms with Gasteiger partial charge < -0.3 is 15.3 Å². The van der Waals surface area contributed by atoms with Gasteiger partial charge in [-0.1, -0.05) is 42.4 Å². The summed E-state index contributed by atoms with van der Waals surface area (Å²) in [5, 5.41) is 30.8. The van der Waals surface area contributed by atoms with E-state index >= 15 is 0 Å². The number of aliphatic hydroxyl groups is 3. The maximum Gasteiger partial charge on any atom is 0.142 e. The van der Waals surface area contributed by atoms with Crippen LogP contribution in [0.2, 0.25) is 0 Å². The van der Waals surface area contributed by atoms with E-state index in [4.69, 9.17) is 0 Å². The Kier molecular flexibility index (Phi) is 5.42. The largest absolute Gasteiger partial charge is 0.392 e. The molecule has 160 valence electrons. The van der Waals surface area contributed by atoms with Crippen LogP contribution < -0.4 is 0 Å². The van der Waals surface area contributed by atoms with Gasteiger partial charge in [0.1, 0.15) is 5.78 Å². The molecule has 0 aromatic heterocycles. The standard InChI is InChI=1S/C25H36O4/c1-15(26)10-11-25(3,29)23-9-4-17-12-16(14-24(17,23)2)19-7-8-21-20(19)6-5-18(27)13-22(21)28/h6,10-12,15,17-19,21,23,26-27,29H,4-5,7-9,13-14H2,1-3H3/b11-10+/t15?,17-,18?,19+,21+,23-,24+,25-/m0/s1. The summed E-state index contributed by atoms with van der Waals surface area (Å²) in [6.45, 7) is 5.89. The van der Waals surface area contributed by atoms with Crippen molar-refractivity contribution in [1.82, 2.24) is 0 Å². The lowest BCUT2D eigenvalue weighted by molar-refractivity contribution is -0.123. The molecule has 2 saturated carbocycles. The smallest absolute Gasteiger partial charge is 0.142 e. The topological polar surface area (TPSA) is 77.8 Å². The molecule has 2 unspecified atom stereocenters. The second kappa shape index (κ2) is 7.47. The third-order valence-corrected chi connectivity index (χ3v) is 8.27. The van der Waals surface area contributed by atoms with E-state index in [1.165, 1.54) is 11.1 Å². The molecule has 0 heterocycles. The summed E-state index contributed by atoms with van der Waals surface area (Å²) >= 11 is 0. The first-order valence-corrected chi connectivity index (χ1v) is 11.3. The van der Waals surface area contributed by atoms with Gasteiger partial charge in [-0.05, 0) is 69.6 Å². The molecular weight excluding hydrogens is 364 g/mol. The quantitative estimate of drug-likeness (QED) is 0.629. The Balaban J connectivity index is 1.56. The zero-order valence-corrected chi connectivity index (χ0v) is 18.0. The molecular formula is C25H36O4. The molecule has 0 aliphatic heterocycles. The van der Waals surface area contributed by atoms with Crippen molar-refractivity contribution in [2.75, 3.05) is 0 Å². The second-order valence-electron chi connectivity index (χ2n) is 10.4. The summed E-state index contributed by atoms with van der Waals surface area (Å²) < 4.78 is 0. The first-order chi connectivity index (χ1) is 13.6. The Hall–Kier alpha value is -1.23. The Morgan fingerprint density at radius 1 is 1.24 bits per heavy atom. The van der Waals surface area contributed by atoms with Crippen LogP contribution >= 0.6 is 0 Å². The molecule has 3 N–H and O–H groups in total. The number of hydrogen-bond donors (Lipinski definition) is 3. The average Bonchev–Trinajstić information content (AvgIpc) is 3.25. The van der Waals surface area contributed by atoms with Gasteiger partial charge >= 0.3 is 0 Å². The molecule has 4 aliphatic carbocycles. The van der Waals surface area contributed by atoms with E-state index < -0.39 is 17.8 Å². The zero-order chi connectivity index (χ0) is 21.0. The lowest BCUT2D eigenvalue weighted by atomic mass is 9.67. The fourth-order valence-corrected chi connectivity index (χ4v) is 6.87. The van der Waals surface area contributed by atoms with Crippen LogP contribution in [0.25, 0.3) is 0 Å². The number of aliphatic hydroxyl groups excluding tert-OH is 2. The van der Waals surface area contributed by atoms with E-state index in [-0.39, 0.29) is 29.5 Å². The summed E-state index contributed by atoms with van der Waals surface area (Å²) in [6.07, 6.45) is 12.8. The van der Waals surface area contributed by atoms with Crippen LogP contribution in [0.3, 0.4) is 0 Å². The molecule has 0 radical (unpaired) electrons. The fourth-order valence-electron chi connectivity index (χ4n) is 6.87. The van der Waals surface area contributed by atoms with Crippen LogP contribution in [0.15, 0.2) is 35.5 Å². The Labute approximate surface area is 174 Å². The summed E-state index contributed by atoms with van der Waals surface area (Å²) in [6, 6.07) is 0. The van der Waals surface area contributed by atoms with E-state index in [0.717, 1.165) is 32.1 Å². The van der Waals surface area contributed by atoms with Crippen molar-refractivity contribution in [3.05, 3.63) is 35.5 Å². The van der Waals surface area contributed by atoms with E-state index in [1.54, 1.807) is 19.1 Å². The molecule has 0 bridgehead atoms. The minimum Gasteiger partial charge on any atom is -0.392 e. The van der Waals surface area contributed by atoms with E-state index in [9.17, 15) is 20.1 Å². The molecule has 0 aromatic rings. The summed E-state index contributed by atoms with van der Waals surface area (Å²) in [4.78, 5) is 12.6. The van der Waals surface area contributed by atoms with E-state index in [1.807, 2.05) is 6.92 Å². The lowest BCUT2D eigenvalue weighted by Crippen LogP contribution is -2.41. The predicted octanol–water partition coefficient (Wildman–Crippen LogP) is 3.71. The highest BCUT2D eigenvalue weighted by Crippen LogP contribution is 2.62. The molecule has 2 fully saturated rings. The van der Waals surface area contributed by atoms with Crippen molar-refractivity contribution in [3.63, 3.8) is 0 Å². The Bertz CT molecular complexity index is 759. The van der Waals surface area contributed by atoms with E-state index in [2.05, 4.69) is 19.1 Å². The molecule has 4 rings (SSSR count). The van der Waals surface area contributed by atoms with Crippen LogP contribution in [0, 0.1) is 29.1 Å². The van der Waals surface area contributed by atoms with Gasteiger partial charge in [-0.15, -0.1) is 0 Å². The highest BCUT2D eigenvalue weighted by molar-refractivity contribution is 5.85. The third kappa shape index (κ3) is 3.68. The first kappa shape index (κ1) is 21.0. The summed E-state index contributed by atoms with van der Waals surface area (Å²) in [7, 11) is 0. The number of hydrogen-bond acceptors (Lipinski definition) is 4. The second-order valence-corrected chi connectivity index (χ2v) is 10.4. The maximum atomic E-state index is 12.6. The minimum absolute atomic E-state index is 0.000763. The van der Waals surface area contributed by atoms with Gasteiger partial charge in [-0.25, -0.2) is 0 Å². The van der Waals surface area contributed by atoms with Crippen molar-refractivity contribution in [2.24, 2.45) is 29.1 Å². The lowest BCUT2D eigenvalue weighted by Gasteiger charge is -2.40. The van der Waals surface area contributed by atoms with Gasteiger partial charge in [-0.2, -0.15) is 0 Å². The number of rotatable bonds is 4. The summed E-state index contributed by atoms with van der Waals surface area (Å²) in [5.74, 6) is 1.14. The first-order valence-electron chi connectivity index (χ1n) is 11.3. The normalized spacial score (nSPS) is 42.8. The number of fused-ring (bicyclic) bond motifs is 2. The number of carbonyl (C=O) groups excluding carboxylic acids is 1. The number of allylic oxidation sites excluding steroid dienone is 3.